The molecule has 1 aliphatic rings. The third-order valence-corrected chi connectivity index (χ3v) is 3.15. The SMILES string of the molecule is CC(C)COCCNCC1CN(C(C)C)CCO1. The first-order chi connectivity index (χ1) is 8.59. The van der Waals surface area contributed by atoms with Gasteiger partial charge in [0, 0.05) is 38.8 Å². The van der Waals surface area contributed by atoms with E-state index < -0.39 is 0 Å². The molecular formula is C14H30N2O2. The summed E-state index contributed by atoms with van der Waals surface area (Å²) in [5, 5.41) is 3.41. The maximum Gasteiger partial charge on any atom is 0.0826 e. The summed E-state index contributed by atoms with van der Waals surface area (Å²) in [6.45, 7) is 15.3. The lowest BCUT2D eigenvalue weighted by Crippen LogP contribution is -2.49. The topological polar surface area (TPSA) is 33.7 Å². The van der Waals surface area contributed by atoms with Crippen LogP contribution in [0.2, 0.25) is 0 Å². The summed E-state index contributed by atoms with van der Waals surface area (Å²) in [7, 11) is 0. The van der Waals surface area contributed by atoms with Gasteiger partial charge in [0.15, 0.2) is 0 Å². The molecule has 0 aromatic carbocycles. The fourth-order valence-corrected chi connectivity index (χ4v) is 2.06. The normalized spacial score (nSPS) is 22.0. The monoisotopic (exact) mass is 258 g/mol. The molecule has 0 saturated carbocycles. The van der Waals surface area contributed by atoms with Crippen molar-refractivity contribution in [3.8, 4) is 0 Å². The van der Waals surface area contributed by atoms with Gasteiger partial charge in [-0.15, -0.1) is 0 Å². The van der Waals surface area contributed by atoms with Crippen molar-refractivity contribution in [3.05, 3.63) is 0 Å². The van der Waals surface area contributed by atoms with Crippen LogP contribution in [0.1, 0.15) is 27.7 Å². The van der Waals surface area contributed by atoms with E-state index in [0.29, 0.717) is 18.1 Å². The molecule has 1 aliphatic heterocycles. The number of morpholine rings is 1. The molecule has 1 N–H and O–H groups in total. The van der Waals surface area contributed by atoms with Crippen LogP contribution >= 0.6 is 0 Å². The Hall–Kier alpha value is -0.160. The van der Waals surface area contributed by atoms with Gasteiger partial charge < -0.3 is 14.8 Å². The second-order valence-electron chi connectivity index (χ2n) is 5.75. The second kappa shape index (κ2) is 8.86. The molecule has 4 heteroatoms. The van der Waals surface area contributed by atoms with Crippen LogP contribution in [0, 0.1) is 5.92 Å². The first-order valence-corrected chi connectivity index (χ1v) is 7.23. The van der Waals surface area contributed by atoms with Crippen molar-refractivity contribution in [2.24, 2.45) is 5.92 Å². The maximum atomic E-state index is 5.76. The molecule has 0 aliphatic carbocycles. The van der Waals surface area contributed by atoms with Crippen LogP contribution < -0.4 is 5.32 Å². The fraction of sp³-hybridized carbons (Fsp3) is 1.00. The number of hydrogen-bond donors (Lipinski definition) is 1. The molecule has 0 spiro atoms. The highest BCUT2D eigenvalue weighted by molar-refractivity contribution is 4.75. The Labute approximate surface area is 112 Å². The Kier molecular flexibility index (Phi) is 7.82. The Morgan fingerprint density at radius 3 is 2.78 bits per heavy atom. The van der Waals surface area contributed by atoms with E-state index in [-0.39, 0.29) is 0 Å². The molecule has 0 bridgehead atoms. The molecule has 0 radical (unpaired) electrons. The van der Waals surface area contributed by atoms with Crippen molar-refractivity contribution in [2.45, 2.75) is 39.8 Å². The molecule has 0 aromatic heterocycles. The molecule has 18 heavy (non-hydrogen) atoms. The molecule has 0 aromatic rings. The van der Waals surface area contributed by atoms with E-state index in [1.165, 1.54) is 0 Å². The largest absolute Gasteiger partial charge is 0.380 e. The summed E-state index contributed by atoms with van der Waals surface area (Å²) in [4.78, 5) is 2.48. The van der Waals surface area contributed by atoms with Crippen molar-refractivity contribution < 1.29 is 9.47 Å². The summed E-state index contributed by atoms with van der Waals surface area (Å²) in [6.07, 6.45) is 0.325. The molecule has 1 rings (SSSR count). The van der Waals surface area contributed by atoms with E-state index in [0.717, 1.165) is 46.0 Å². The van der Waals surface area contributed by atoms with Gasteiger partial charge in [-0.3, -0.25) is 4.90 Å². The third kappa shape index (κ3) is 6.69. The minimum Gasteiger partial charge on any atom is -0.380 e. The van der Waals surface area contributed by atoms with Crippen LogP contribution in [-0.4, -0.2) is 63.0 Å². The molecule has 1 heterocycles. The minimum absolute atomic E-state index is 0.325. The number of nitrogens with zero attached hydrogens (tertiary/aromatic N) is 1. The van der Waals surface area contributed by atoms with Crippen LogP contribution in [0.15, 0.2) is 0 Å². The highest BCUT2D eigenvalue weighted by Crippen LogP contribution is 2.07. The van der Waals surface area contributed by atoms with E-state index >= 15 is 0 Å². The molecule has 1 saturated heterocycles. The Morgan fingerprint density at radius 2 is 2.11 bits per heavy atom. The van der Waals surface area contributed by atoms with Gasteiger partial charge in [0.2, 0.25) is 0 Å². The van der Waals surface area contributed by atoms with Gasteiger partial charge in [-0.2, -0.15) is 0 Å². The molecule has 108 valence electrons. The minimum atomic E-state index is 0.325. The van der Waals surface area contributed by atoms with E-state index in [2.05, 4.69) is 37.9 Å². The third-order valence-electron chi connectivity index (χ3n) is 3.15. The van der Waals surface area contributed by atoms with Crippen LogP contribution in [-0.2, 0) is 9.47 Å². The van der Waals surface area contributed by atoms with Crippen LogP contribution in [0.25, 0.3) is 0 Å². The predicted octanol–water partition coefficient (Wildman–Crippen LogP) is 1.36. The fourth-order valence-electron chi connectivity index (χ4n) is 2.06. The highest BCUT2D eigenvalue weighted by Gasteiger charge is 2.21. The van der Waals surface area contributed by atoms with E-state index in [1.807, 2.05) is 0 Å². The Bertz CT molecular complexity index is 210. The lowest BCUT2D eigenvalue weighted by Gasteiger charge is -2.35. The van der Waals surface area contributed by atoms with Crippen molar-refractivity contribution >= 4 is 0 Å². The van der Waals surface area contributed by atoms with Gasteiger partial charge in [0.05, 0.1) is 19.3 Å². The maximum absolute atomic E-state index is 5.76. The summed E-state index contributed by atoms with van der Waals surface area (Å²) in [5.41, 5.74) is 0. The van der Waals surface area contributed by atoms with Gasteiger partial charge >= 0.3 is 0 Å². The van der Waals surface area contributed by atoms with Gasteiger partial charge in [-0.25, -0.2) is 0 Å². The van der Waals surface area contributed by atoms with Gasteiger partial charge in [-0.05, 0) is 19.8 Å². The smallest absolute Gasteiger partial charge is 0.0826 e. The number of ether oxygens (including phenoxy) is 2. The molecule has 1 fully saturated rings. The summed E-state index contributed by atoms with van der Waals surface area (Å²) < 4.78 is 11.3. The zero-order valence-electron chi connectivity index (χ0n) is 12.4. The Morgan fingerprint density at radius 1 is 1.33 bits per heavy atom. The average molecular weight is 258 g/mol. The molecule has 4 nitrogen and oxygen atoms in total. The van der Waals surface area contributed by atoms with E-state index in [1.54, 1.807) is 0 Å². The molecule has 1 atom stereocenters. The van der Waals surface area contributed by atoms with Gasteiger partial charge in [-0.1, -0.05) is 13.8 Å². The lowest BCUT2D eigenvalue weighted by molar-refractivity contribution is -0.0376. The standard InChI is InChI=1S/C14H30N2O2/c1-12(2)11-17-7-5-15-9-14-10-16(13(3)4)6-8-18-14/h12-15H,5-11H2,1-4H3. The average Bonchev–Trinajstić information content (AvgIpc) is 2.33. The number of rotatable bonds is 8. The first kappa shape index (κ1) is 15.9. The first-order valence-electron chi connectivity index (χ1n) is 7.23. The van der Waals surface area contributed by atoms with E-state index in [9.17, 15) is 0 Å². The molecule has 1 unspecified atom stereocenters. The van der Waals surface area contributed by atoms with Crippen molar-refractivity contribution in [3.63, 3.8) is 0 Å². The molecule has 0 amide bonds. The lowest BCUT2D eigenvalue weighted by atomic mass is 10.2. The Balaban J connectivity index is 2.01. The summed E-state index contributed by atoms with van der Waals surface area (Å²) in [6, 6.07) is 0.616. The molecular weight excluding hydrogens is 228 g/mol. The quantitative estimate of drug-likeness (QED) is 0.667. The zero-order valence-corrected chi connectivity index (χ0v) is 12.4. The van der Waals surface area contributed by atoms with Crippen molar-refractivity contribution in [1.29, 1.82) is 0 Å². The van der Waals surface area contributed by atoms with Crippen molar-refractivity contribution in [1.82, 2.24) is 10.2 Å². The highest BCUT2D eigenvalue weighted by atomic mass is 16.5. The number of hydrogen-bond acceptors (Lipinski definition) is 4. The van der Waals surface area contributed by atoms with Gasteiger partial charge in [0.25, 0.3) is 0 Å². The second-order valence-corrected chi connectivity index (χ2v) is 5.75. The zero-order chi connectivity index (χ0) is 13.4. The number of nitrogens with one attached hydrogen (secondary N) is 1. The van der Waals surface area contributed by atoms with Crippen molar-refractivity contribution in [2.75, 3.05) is 46.0 Å². The van der Waals surface area contributed by atoms with E-state index in [4.69, 9.17) is 9.47 Å². The van der Waals surface area contributed by atoms with Crippen LogP contribution in [0.5, 0.6) is 0 Å². The van der Waals surface area contributed by atoms with Crippen LogP contribution in [0.3, 0.4) is 0 Å². The van der Waals surface area contributed by atoms with Crippen LogP contribution in [0.4, 0.5) is 0 Å². The predicted molar refractivity (Wildman–Crippen MR) is 75.0 cm³/mol. The van der Waals surface area contributed by atoms with Gasteiger partial charge in [0.1, 0.15) is 0 Å². The summed E-state index contributed by atoms with van der Waals surface area (Å²) in [5.74, 6) is 0.617. The summed E-state index contributed by atoms with van der Waals surface area (Å²) >= 11 is 0.